The number of nitrogens with one attached hydrogen (secondary N) is 3. The number of benzene rings is 2. The van der Waals surface area contributed by atoms with Crippen LogP contribution in [0.5, 0.6) is 5.88 Å². The van der Waals surface area contributed by atoms with Crippen LogP contribution in [0.4, 0.5) is 0 Å². The lowest BCUT2D eigenvalue weighted by Gasteiger charge is -2.15. The first-order chi connectivity index (χ1) is 22.8. The predicted octanol–water partition coefficient (Wildman–Crippen LogP) is 5.88. The molecule has 12 heteroatoms. The zero-order valence-electron chi connectivity index (χ0n) is 25.5. The van der Waals surface area contributed by atoms with Gasteiger partial charge >= 0.3 is 5.97 Å². The lowest BCUT2D eigenvalue weighted by Crippen LogP contribution is -2.35. The van der Waals surface area contributed by atoms with Gasteiger partial charge in [0.15, 0.2) is 0 Å². The third kappa shape index (κ3) is 7.36. The van der Waals surface area contributed by atoms with Crippen LogP contribution in [0.2, 0.25) is 10.0 Å². The summed E-state index contributed by atoms with van der Waals surface area (Å²) >= 11 is 14.1. The normalized spacial score (nSPS) is 14.4. The van der Waals surface area contributed by atoms with Crippen LogP contribution >= 0.6 is 23.2 Å². The maximum atomic E-state index is 11.5. The molecule has 1 saturated heterocycles. The van der Waals surface area contributed by atoms with Crippen LogP contribution in [-0.4, -0.2) is 58.2 Å². The Labute approximate surface area is 281 Å². The number of nitrogens with zero attached hydrogens (tertiary/aromatic N) is 3. The number of fused-ring (bicyclic) bond motifs is 1. The van der Waals surface area contributed by atoms with Gasteiger partial charge in [0.25, 0.3) is 0 Å². The number of rotatable bonds is 12. The molecular formula is C35H32Cl2N6O4. The third-order valence-electron chi connectivity index (χ3n) is 7.99. The van der Waals surface area contributed by atoms with Crippen molar-refractivity contribution in [2.24, 2.45) is 0 Å². The van der Waals surface area contributed by atoms with E-state index in [-0.39, 0.29) is 18.5 Å². The van der Waals surface area contributed by atoms with E-state index < -0.39 is 5.97 Å². The molecule has 0 aliphatic carbocycles. The summed E-state index contributed by atoms with van der Waals surface area (Å²) in [6.07, 6.45) is 4.85. The van der Waals surface area contributed by atoms with Crippen molar-refractivity contribution in [3.8, 4) is 39.5 Å². The van der Waals surface area contributed by atoms with E-state index in [0.29, 0.717) is 53.4 Å². The number of carbonyl (C=O) groups is 2. The molecule has 240 valence electrons. The molecule has 1 aliphatic rings. The van der Waals surface area contributed by atoms with E-state index in [1.165, 1.54) is 0 Å². The standard InChI is InChI=1S/C35H32Cl2N6O4/c1-47-35-21(16-39-18-23-9-11-31(44)42-23)8-10-28(43-35)26-6-2-4-24(33(26)36)25-5-3-7-27(34(25)37)30-13-29-22(17-41-30)12-20(15-40-29)14-38-19-32(45)46/h2-8,10,12-13,15,17,23,38-39H,9,11,14,16,18-19H2,1H3,(H,42,44)(H,45,46). The van der Waals surface area contributed by atoms with Crippen molar-refractivity contribution in [3.05, 3.63) is 94.2 Å². The highest BCUT2D eigenvalue weighted by atomic mass is 35.5. The van der Waals surface area contributed by atoms with Gasteiger partial charge in [-0.15, -0.1) is 0 Å². The highest BCUT2D eigenvalue weighted by molar-refractivity contribution is 6.39. The first-order valence-electron chi connectivity index (χ1n) is 15.1. The molecule has 6 rings (SSSR count). The number of hydrogen-bond acceptors (Lipinski definition) is 8. The van der Waals surface area contributed by atoms with Crippen LogP contribution in [0.15, 0.2) is 73.1 Å². The van der Waals surface area contributed by atoms with Crippen molar-refractivity contribution < 1.29 is 19.4 Å². The number of carboxylic acid groups (broad SMARTS) is 1. The number of carbonyl (C=O) groups excluding carboxylic acids is 1. The van der Waals surface area contributed by atoms with Crippen LogP contribution in [0.1, 0.15) is 24.0 Å². The van der Waals surface area contributed by atoms with Crippen molar-refractivity contribution in [3.63, 3.8) is 0 Å². The number of methoxy groups -OCH3 is 1. The lowest BCUT2D eigenvalue weighted by atomic mass is 9.98. The van der Waals surface area contributed by atoms with E-state index in [2.05, 4.69) is 25.9 Å². The van der Waals surface area contributed by atoms with Crippen molar-refractivity contribution >= 4 is 46.0 Å². The van der Waals surface area contributed by atoms with Gasteiger partial charge in [-0.1, -0.05) is 65.7 Å². The molecule has 3 aromatic heterocycles. The Kier molecular flexibility index (Phi) is 9.93. The highest BCUT2D eigenvalue weighted by Crippen LogP contribution is 2.42. The van der Waals surface area contributed by atoms with Gasteiger partial charge in [-0.25, -0.2) is 4.98 Å². The first-order valence-corrected chi connectivity index (χ1v) is 15.9. The van der Waals surface area contributed by atoms with E-state index in [1.807, 2.05) is 60.7 Å². The number of aliphatic carboxylic acids is 1. The zero-order valence-corrected chi connectivity index (χ0v) is 27.0. The molecule has 4 heterocycles. The van der Waals surface area contributed by atoms with Crippen LogP contribution in [0, 0.1) is 0 Å². The van der Waals surface area contributed by atoms with E-state index in [0.717, 1.165) is 50.7 Å². The van der Waals surface area contributed by atoms with E-state index in [9.17, 15) is 9.59 Å². The summed E-state index contributed by atoms with van der Waals surface area (Å²) in [5, 5.41) is 19.9. The Hall–Kier alpha value is -4.61. The maximum Gasteiger partial charge on any atom is 0.317 e. The Bertz CT molecular complexity index is 1970. The van der Waals surface area contributed by atoms with E-state index in [1.54, 1.807) is 19.5 Å². The second kappa shape index (κ2) is 14.4. The second-order valence-electron chi connectivity index (χ2n) is 11.2. The molecule has 5 aromatic rings. The molecule has 1 atom stereocenters. The summed E-state index contributed by atoms with van der Waals surface area (Å²) in [5.41, 5.74) is 6.77. The molecule has 0 spiro atoms. The molecule has 2 aromatic carbocycles. The average molecular weight is 672 g/mol. The molecule has 1 unspecified atom stereocenters. The molecule has 47 heavy (non-hydrogen) atoms. The van der Waals surface area contributed by atoms with Gasteiger partial charge < -0.3 is 25.8 Å². The predicted molar refractivity (Wildman–Crippen MR) is 182 cm³/mol. The molecule has 4 N–H and O–H groups in total. The van der Waals surface area contributed by atoms with Gasteiger partial charge in [-0.05, 0) is 30.2 Å². The Morgan fingerprint density at radius 2 is 1.66 bits per heavy atom. The number of pyridine rings is 3. The molecule has 0 radical (unpaired) electrons. The summed E-state index contributed by atoms with van der Waals surface area (Å²) < 4.78 is 5.63. The van der Waals surface area contributed by atoms with Crippen molar-refractivity contribution in [2.75, 3.05) is 20.2 Å². The quantitative estimate of drug-likeness (QED) is 0.128. The summed E-state index contributed by atoms with van der Waals surface area (Å²) in [6, 6.07) is 19.3. The topological polar surface area (TPSA) is 138 Å². The summed E-state index contributed by atoms with van der Waals surface area (Å²) in [6.45, 7) is 1.47. The van der Waals surface area contributed by atoms with Gasteiger partial charge in [-0.2, -0.15) is 0 Å². The Morgan fingerprint density at radius 3 is 2.34 bits per heavy atom. The fraction of sp³-hybridized carbons (Fsp3) is 0.229. The van der Waals surface area contributed by atoms with Crippen molar-refractivity contribution in [1.82, 2.24) is 30.9 Å². The minimum absolute atomic E-state index is 0.0932. The largest absolute Gasteiger partial charge is 0.481 e. The average Bonchev–Trinajstić information content (AvgIpc) is 3.49. The molecular weight excluding hydrogens is 639 g/mol. The molecule has 0 bridgehead atoms. The Morgan fingerprint density at radius 1 is 0.936 bits per heavy atom. The minimum atomic E-state index is -0.916. The van der Waals surface area contributed by atoms with E-state index >= 15 is 0 Å². The molecule has 1 amide bonds. The van der Waals surface area contributed by atoms with Crippen LogP contribution < -0.4 is 20.7 Å². The van der Waals surface area contributed by atoms with Crippen LogP contribution in [0.3, 0.4) is 0 Å². The fourth-order valence-electron chi connectivity index (χ4n) is 5.64. The van der Waals surface area contributed by atoms with Gasteiger partial charge in [0.05, 0.1) is 40.6 Å². The number of aromatic nitrogens is 3. The maximum absolute atomic E-state index is 11.5. The molecule has 0 saturated carbocycles. The van der Waals surface area contributed by atoms with Crippen molar-refractivity contribution in [2.45, 2.75) is 32.0 Å². The number of hydrogen-bond donors (Lipinski definition) is 4. The van der Waals surface area contributed by atoms with E-state index in [4.69, 9.17) is 38.0 Å². The molecule has 1 aliphatic heterocycles. The first kappa shape index (κ1) is 32.3. The smallest absolute Gasteiger partial charge is 0.317 e. The lowest BCUT2D eigenvalue weighted by molar-refractivity contribution is -0.136. The summed E-state index contributed by atoms with van der Waals surface area (Å²) in [4.78, 5) is 36.3. The second-order valence-corrected chi connectivity index (χ2v) is 12.0. The number of halogens is 2. The SMILES string of the molecule is COc1nc(-c2cccc(-c3cccc(-c4cc5ncc(CNCC(=O)O)cc5cn4)c3Cl)c2Cl)ccc1CNCC1CCC(=O)N1. The van der Waals surface area contributed by atoms with Gasteiger partial charge in [-0.3, -0.25) is 19.6 Å². The number of amides is 1. The monoisotopic (exact) mass is 670 g/mol. The van der Waals surface area contributed by atoms with Gasteiger partial charge in [0, 0.05) is 77.7 Å². The molecule has 1 fully saturated rings. The summed E-state index contributed by atoms with van der Waals surface area (Å²) in [5.74, 6) is -0.331. The Balaban J connectivity index is 1.24. The number of carboxylic acids is 1. The summed E-state index contributed by atoms with van der Waals surface area (Å²) in [7, 11) is 1.59. The third-order valence-corrected chi connectivity index (χ3v) is 8.81. The minimum Gasteiger partial charge on any atom is -0.481 e. The molecule has 10 nitrogen and oxygen atoms in total. The fourth-order valence-corrected chi connectivity index (χ4v) is 6.29. The number of ether oxygens (including phenoxy) is 1. The van der Waals surface area contributed by atoms with Crippen LogP contribution in [-0.2, 0) is 22.7 Å². The van der Waals surface area contributed by atoms with Gasteiger partial charge in [0.1, 0.15) is 0 Å². The van der Waals surface area contributed by atoms with Crippen molar-refractivity contribution in [1.29, 1.82) is 0 Å². The highest BCUT2D eigenvalue weighted by Gasteiger charge is 2.21. The zero-order chi connectivity index (χ0) is 32.9. The van der Waals surface area contributed by atoms with Crippen LogP contribution in [0.25, 0.3) is 44.5 Å². The van der Waals surface area contributed by atoms with Gasteiger partial charge in [0.2, 0.25) is 11.8 Å².